The van der Waals surface area contributed by atoms with E-state index in [1.165, 1.54) is 31.2 Å². The Bertz CT molecular complexity index is 1050. The minimum Gasteiger partial charge on any atom is -0.326 e. The van der Waals surface area contributed by atoms with Gasteiger partial charge in [0.2, 0.25) is 5.91 Å². The third-order valence-corrected chi connectivity index (χ3v) is 5.31. The molecule has 0 aromatic heterocycles. The Balaban J connectivity index is 1.94. The second-order valence-electron chi connectivity index (χ2n) is 5.45. The quantitative estimate of drug-likeness (QED) is 0.716. The Hall–Kier alpha value is -2.57. The van der Waals surface area contributed by atoms with Crippen molar-refractivity contribution in [2.45, 2.75) is 11.8 Å². The molecule has 3 aromatic rings. The van der Waals surface area contributed by atoms with Gasteiger partial charge in [-0.2, -0.15) is 0 Å². The summed E-state index contributed by atoms with van der Waals surface area (Å²) in [6.45, 7) is 1.39. The van der Waals surface area contributed by atoms with Crippen LogP contribution in [-0.2, 0) is 14.8 Å². The normalized spacial score (nSPS) is 11.3. The van der Waals surface area contributed by atoms with E-state index in [2.05, 4.69) is 10.0 Å². The molecule has 0 radical (unpaired) electrons. The van der Waals surface area contributed by atoms with Crippen molar-refractivity contribution in [3.05, 3.63) is 65.7 Å². The van der Waals surface area contributed by atoms with Crippen LogP contribution in [0.5, 0.6) is 0 Å². The molecule has 0 aliphatic carbocycles. The van der Waals surface area contributed by atoms with Crippen molar-refractivity contribution >= 4 is 49.7 Å². The fraction of sp³-hybridized carbons (Fsp3) is 0.0556. The van der Waals surface area contributed by atoms with Crippen LogP contribution in [0.25, 0.3) is 10.8 Å². The molecule has 0 atom stereocenters. The van der Waals surface area contributed by atoms with Gasteiger partial charge < -0.3 is 5.32 Å². The molecule has 0 fully saturated rings. The van der Waals surface area contributed by atoms with Crippen molar-refractivity contribution in [2.24, 2.45) is 0 Å². The number of hydrogen-bond donors (Lipinski definition) is 2. The van der Waals surface area contributed by atoms with Gasteiger partial charge in [-0.05, 0) is 36.4 Å². The number of rotatable bonds is 4. The summed E-state index contributed by atoms with van der Waals surface area (Å²) in [6, 6.07) is 16.5. The Kier molecular flexibility index (Phi) is 4.65. The fourth-order valence-corrected chi connectivity index (χ4v) is 3.78. The van der Waals surface area contributed by atoms with E-state index in [9.17, 15) is 13.2 Å². The molecule has 25 heavy (non-hydrogen) atoms. The number of halogens is 1. The van der Waals surface area contributed by atoms with Crippen LogP contribution in [0.3, 0.4) is 0 Å². The zero-order chi connectivity index (χ0) is 18.0. The van der Waals surface area contributed by atoms with Gasteiger partial charge in [-0.15, -0.1) is 0 Å². The monoisotopic (exact) mass is 374 g/mol. The van der Waals surface area contributed by atoms with Crippen molar-refractivity contribution in [2.75, 3.05) is 10.0 Å². The van der Waals surface area contributed by atoms with E-state index >= 15 is 0 Å². The highest BCUT2D eigenvalue weighted by atomic mass is 35.5. The molecule has 0 heterocycles. The first kappa shape index (κ1) is 17.3. The summed E-state index contributed by atoms with van der Waals surface area (Å²) in [5.74, 6) is -0.221. The van der Waals surface area contributed by atoms with Gasteiger partial charge in [0.1, 0.15) is 0 Å². The molecule has 0 saturated heterocycles. The van der Waals surface area contributed by atoms with Crippen LogP contribution in [0.15, 0.2) is 65.6 Å². The smallest absolute Gasteiger partial charge is 0.261 e. The summed E-state index contributed by atoms with van der Waals surface area (Å²) < 4.78 is 27.9. The summed E-state index contributed by atoms with van der Waals surface area (Å²) in [5, 5.41) is 4.63. The second-order valence-corrected chi connectivity index (χ2v) is 7.54. The summed E-state index contributed by atoms with van der Waals surface area (Å²) in [5.41, 5.74) is 0.981. The highest BCUT2D eigenvalue weighted by Gasteiger charge is 2.16. The molecule has 5 nitrogen and oxygen atoms in total. The molecule has 0 spiro atoms. The number of carbonyl (C=O) groups excluding carboxylic acids is 1. The van der Waals surface area contributed by atoms with Crippen molar-refractivity contribution in [3.63, 3.8) is 0 Å². The molecule has 3 aromatic carbocycles. The minimum atomic E-state index is -3.77. The van der Waals surface area contributed by atoms with E-state index in [1.54, 1.807) is 18.2 Å². The lowest BCUT2D eigenvalue weighted by molar-refractivity contribution is -0.114. The largest absolute Gasteiger partial charge is 0.326 e. The summed E-state index contributed by atoms with van der Waals surface area (Å²) >= 11 is 6.16. The topological polar surface area (TPSA) is 75.3 Å². The van der Waals surface area contributed by atoms with E-state index in [4.69, 9.17) is 11.6 Å². The van der Waals surface area contributed by atoms with Gasteiger partial charge in [-0.25, -0.2) is 8.42 Å². The highest BCUT2D eigenvalue weighted by Crippen LogP contribution is 2.31. The van der Waals surface area contributed by atoms with Crippen molar-refractivity contribution in [3.8, 4) is 0 Å². The number of amides is 1. The van der Waals surface area contributed by atoms with E-state index < -0.39 is 10.0 Å². The number of fused-ring (bicyclic) bond motifs is 1. The molecule has 2 N–H and O–H groups in total. The maximum absolute atomic E-state index is 12.6. The van der Waals surface area contributed by atoms with Crippen LogP contribution in [-0.4, -0.2) is 14.3 Å². The van der Waals surface area contributed by atoms with E-state index in [-0.39, 0.29) is 10.8 Å². The lowest BCUT2D eigenvalue weighted by Crippen LogP contribution is -2.13. The average Bonchev–Trinajstić information content (AvgIpc) is 2.57. The molecular weight excluding hydrogens is 360 g/mol. The maximum atomic E-state index is 12.6. The molecule has 0 unspecified atom stereocenters. The van der Waals surface area contributed by atoms with E-state index in [1.807, 2.05) is 18.2 Å². The average molecular weight is 375 g/mol. The molecule has 0 saturated carbocycles. The van der Waals surface area contributed by atoms with Crippen LogP contribution in [0.2, 0.25) is 5.02 Å². The Morgan fingerprint density at radius 1 is 0.920 bits per heavy atom. The van der Waals surface area contributed by atoms with Gasteiger partial charge in [-0.1, -0.05) is 35.9 Å². The Morgan fingerprint density at radius 3 is 2.20 bits per heavy atom. The minimum absolute atomic E-state index is 0.0978. The van der Waals surface area contributed by atoms with Crippen LogP contribution in [0, 0.1) is 0 Å². The lowest BCUT2D eigenvalue weighted by atomic mass is 10.1. The van der Waals surface area contributed by atoms with Gasteiger partial charge in [0.15, 0.2) is 0 Å². The first-order chi connectivity index (χ1) is 11.9. The number of benzene rings is 3. The van der Waals surface area contributed by atoms with E-state index in [0.717, 1.165) is 5.39 Å². The van der Waals surface area contributed by atoms with Gasteiger partial charge in [0.25, 0.3) is 10.0 Å². The van der Waals surface area contributed by atoms with Gasteiger partial charge in [-0.3, -0.25) is 9.52 Å². The number of sulfonamides is 1. The predicted molar refractivity (Wildman–Crippen MR) is 101 cm³/mol. The third-order valence-electron chi connectivity index (χ3n) is 3.60. The number of carbonyl (C=O) groups is 1. The van der Waals surface area contributed by atoms with Crippen LogP contribution in [0.4, 0.5) is 11.4 Å². The SMILES string of the molecule is CC(=O)Nc1ccc(S(=O)(=O)Nc2ccc(Cl)c3ccccc23)cc1. The van der Waals surface area contributed by atoms with Crippen LogP contribution >= 0.6 is 11.6 Å². The molecule has 1 amide bonds. The van der Waals surface area contributed by atoms with Gasteiger partial charge in [0.05, 0.1) is 10.6 Å². The molecule has 0 aliphatic heterocycles. The van der Waals surface area contributed by atoms with Crippen molar-refractivity contribution in [1.82, 2.24) is 0 Å². The maximum Gasteiger partial charge on any atom is 0.261 e. The lowest BCUT2D eigenvalue weighted by Gasteiger charge is -2.12. The standard InChI is InChI=1S/C18H15ClN2O3S/c1-12(22)20-13-6-8-14(9-7-13)25(23,24)21-18-11-10-17(19)15-4-2-3-5-16(15)18/h2-11,21H,1H3,(H,20,22). The summed E-state index contributed by atoms with van der Waals surface area (Å²) in [6.07, 6.45) is 0. The van der Waals surface area contributed by atoms with Gasteiger partial charge in [0, 0.05) is 28.4 Å². The Labute approximate surface area is 150 Å². The molecule has 7 heteroatoms. The first-order valence-electron chi connectivity index (χ1n) is 7.44. The zero-order valence-corrected chi connectivity index (χ0v) is 14.9. The van der Waals surface area contributed by atoms with Crippen LogP contribution in [0.1, 0.15) is 6.92 Å². The summed E-state index contributed by atoms with van der Waals surface area (Å²) in [4.78, 5) is 11.1. The molecule has 3 rings (SSSR count). The number of nitrogens with one attached hydrogen (secondary N) is 2. The first-order valence-corrected chi connectivity index (χ1v) is 9.31. The second kappa shape index (κ2) is 6.74. The molecule has 0 aliphatic rings. The zero-order valence-electron chi connectivity index (χ0n) is 13.3. The number of anilines is 2. The van der Waals surface area contributed by atoms with Crippen LogP contribution < -0.4 is 10.0 Å². The summed E-state index contributed by atoms with van der Waals surface area (Å²) in [7, 11) is -3.77. The highest BCUT2D eigenvalue weighted by molar-refractivity contribution is 7.92. The Morgan fingerprint density at radius 2 is 1.56 bits per heavy atom. The predicted octanol–water partition coefficient (Wildman–Crippen LogP) is 4.25. The fourth-order valence-electron chi connectivity index (χ4n) is 2.48. The molecule has 0 bridgehead atoms. The number of hydrogen-bond acceptors (Lipinski definition) is 3. The van der Waals surface area contributed by atoms with Crippen molar-refractivity contribution in [1.29, 1.82) is 0 Å². The molecular formula is C18H15ClN2O3S. The molecule has 128 valence electrons. The van der Waals surface area contributed by atoms with Crippen molar-refractivity contribution < 1.29 is 13.2 Å². The van der Waals surface area contributed by atoms with E-state index in [0.29, 0.717) is 21.8 Å². The van der Waals surface area contributed by atoms with Gasteiger partial charge >= 0.3 is 0 Å². The third kappa shape index (κ3) is 3.75.